The van der Waals surface area contributed by atoms with Crippen molar-refractivity contribution in [1.29, 1.82) is 0 Å². The van der Waals surface area contributed by atoms with Gasteiger partial charge in [-0.05, 0) is 62.7 Å². The molecule has 2 aliphatic rings. The van der Waals surface area contributed by atoms with Crippen molar-refractivity contribution in [2.75, 3.05) is 6.61 Å². The van der Waals surface area contributed by atoms with Gasteiger partial charge in [-0.1, -0.05) is 76.2 Å². The van der Waals surface area contributed by atoms with Crippen LogP contribution < -0.4 is 0 Å². The van der Waals surface area contributed by atoms with Gasteiger partial charge in [0.25, 0.3) is 0 Å². The highest BCUT2D eigenvalue weighted by Gasteiger charge is 2.42. The molecule has 166 valence electrons. The van der Waals surface area contributed by atoms with Crippen molar-refractivity contribution in [3.63, 3.8) is 0 Å². The number of esters is 1. The van der Waals surface area contributed by atoms with E-state index in [0.29, 0.717) is 18.4 Å². The Hall–Kier alpha value is -1.09. The zero-order chi connectivity index (χ0) is 21.0. The summed E-state index contributed by atoms with van der Waals surface area (Å²) in [6.45, 7) is 4.26. The lowest BCUT2D eigenvalue weighted by atomic mass is 9.86. The zero-order valence-electron chi connectivity index (χ0n) is 18.9. The Balaban J connectivity index is 1.58. The predicted molar refractivity (Wildman–Crippen MR) is 121 cm³/mol. The summed E-state index contributed by atoms with van der Waals surface area (Å²) in [7, 11) is 0. The number of carbonyl (C=O) groups excluding carboxylic acids is 1. The second-order valence-electron chi connectivity index (χ2n) is 9.37. The summed E-state index contributed by atoms with van der Waals surface area (Å²) in [4.78, 5) is 10.7. The summed E-state index contributed by atoms with van der Waals surface area (Å²) < 4.78 is 4.97. The molecule has 0 amide bonds. The lowest BCUT2D eigenvalue weighted by molar-refractivity contribution is -0.141. The SMILES string of the molecule is CCCCC(O)(C/C=C/[C@H]1C=CC[C@@H]1CCCCCCCCOC(C)=O)C1CC1. The van der Waals surface area contributed by atoms with Crippen molar-refractivity contribution in [3.05, 3.63) is 24.3 Å². The first-order chi connectivity index (χ1) is 14.0. The van der Waals surface area contributed by atoms with E-state index in [0.717, 1.165) is 38.0 Å². The Morgan fingerprint density at radius 1 is 1.14 bits per heavy atom. The number of hydrogen-bond acceptors (Lipinski definition) is 3. The van der Waals surface area contributed by atoms with Crippen LogP contribution in [-0.4, -0.2) is 23.3 Å². The fourth-order valence-electron chi connectivity index (χ4n) is 4.69. The minimum absolute atomic E-state index is 0.169. The van der Waals surface area contributed by atoms with Crippen LogP contribution in [0.2, 0.25) is 0 Å². The molecule has 0 saturated heterocycles. The van der Waals surface area contributed by atoms with Crippen molar-refractivity contribution >= 4 is 5.97 Å². The van der Waals surface area contributed by atoms with Crippen molar-refractivity contribution in [3.8, 4) is 0 Å². The van der Waals surface area contributed by atoms with Gasteiger partial charge in [0.05, 0.1) is 12.2 Å². The fraction of sp³-hybridized carbons (Fsp3) is 0.808. The van der Waals surface area contributed by atoms with Crippen molar-refractivity contribution in [2.45, 2.75) is 109 Å². The summed E-state index contributed by atoms with van der Waals surface area (Å²) in [6, 6.07) is 0. The maximum absolute atomic E-state index is 11.0. The van der Waals surface area contributed by atoms with Gasteiger partial charge < -0.3 is 9.84 Å². The average Bonchev–Trinajstić information content (AvgIpc) is 3.47. The highest BCUT2D eigenvalue weighted by Crippen LogP contribution is 2.44. The number of hydrogen-bond donors (Lipinski definition) is 1. The number of carbonyl (C=O) groups is 1. The van der Waals surface area contributed by atoms with Gasteiger partial charge >= 0.3 is 5.97 Å². The molecule has 2 rings (SSSR count). The molecule has 0 heterocycles. The second-order valence-corrected chi connectivity index (χ2v) is 9.37. The van der Waals surface area contributed by atoms with Crippen molar-refractivity contribution in [2.24, 2.45) is 17.8 Å². The Morgan fingerprint density at radius 2 is 1.86 bits per heavy atom. The van der Waals surface area contributed by atoms with E-state index < -0.39 is 5.60 Å². The highest BCUT2D eigenvalue weighted by molar-refractivity contribution is 5.65. The van der Waals surface area contributed by atoms with Crippen LogP contribution in [0.15, 0.2) is 24.3 Å². The number of unbranched alkanes of at least 4 members (excludes halogenated alkanes) is 6. The normalized spacial score (nSPS) is 23.6. The Morgan fingerprint density at radius 3 is 2.55 bits per heavy atom. The first-order valence-electron chi connectivity index (χ1n) is 12.2. The third-order valence-electron chi connectivity index (χ3n) is 6.75. The molecule has 0 radical (unpaired) electrons. The molecular formula is C26H44O3. The molecule has 3 nitrogen and oxygen atoms in total. The van der Waals surface area contributed by atoms with E-state index in [1.165, 1.54) is 64.7 Å². The number of aliphatic hydroxyl groups is 1. The largest absolute Gasteiger partial charge is 0.466 e. The lowest BCUT2D eigenvalue weighted by Gasteiger charge is -2.27. The molecular weight excluding hydrogens is 360 g/mol. The van der Waals surface area contributed by atoms with E-state index >= 15 is 0 Å². The molecule has 0 spiro atoms. The monoisotopic (exact) mass is 404 g/mol. The molecule has 1 fully saturated rings. The first-order valence-corrected chi connectivity index (χ1v) is 12.2. The van der Waals surface area contributed by atoms with Gasteiger partial charge in [0.2, 0.25) is 0 Å². The quantitative estimate of drug-likeness (QED) is 0.176. The van der Waals surface area contributed by atoms with Gasteiger partial charge in [-0.2, -0.15) is 0 Å². The number of ether oxygens (including phenoxy) is 1. The van der Waals surface area contributed by atoms with E-state index in [2.05, 4.69) is 31.2 Å². The molecule has 0 aromatic rings. The minimum atomic E-state index is -0.445. The molecule has 3 atom stereocenters. The maximum Gasteiger partial charge on any atom is 0.302 e. The minimum Gasteiger partial charge on any atom is -0.466 e. The smallest absolute Gasteiger partial charge is 0.302 e. The zero-order valence-corrected chi connectivity index (χ0v) is 18.9. The summed E-state index contributed by atoms with van der Waals surface area (Å²) in [5.41, 5.74) is -0.445. The van der Waals surface area contributed by atoms with Gasteiger partial charge in [0, 0.05) is 6.92 Å². The van der Waals surface area contributed by atoms with Gasteiger partial charge in [0.15, 0.2) is 0 Å². The molecule has 1 unspecified atom stereocenters. The van der Waals surface area contributed by atoms with Crippen LogP contribution in [0.1, 0.15) is 104 Å². The summed E-state index contributed by atoms with van der Waals surface area (Å²) >= 11 is 0. The van der Waals surface area contributed by atoms with Gasteiger partial charge in [0.1, 0.15) is 0 Å². The average molecular weight is 405 g/mol. The molecule has 2 aliphatic carbocycles. The summed E-state index contributed by atoms with van der Waals surface area (Å²) in [5, 5.41) is 11.0. The van der Waals surface area contributed by atoms with Crippen LogP contribution >= 0.6 is 0 Å². The van der Waals surface area contributed by atoms with Crippen LogP contribution in [0.25, 0.3) is 0 Å². The molecule has 1 saturated carbocycles. The standard InChI is InChI=1S/C26H44O3/c1-3-4-19-26(28,25-17-18-25)20-12-16-24-15-11-14-23(24)13-9-7-5-6-8-10-21-29-22(2)27/h11-12,15-16,23-25,28H,3-10,13-14,17-21H2,1-2H3/b16-12+/t23-,24+,26?/m0/s1. The third-order valence-corrected chi connectivity index (χ3v) is 6.75. The molecule has 0 aromatic carbocycles. The second kappa shape index (κ2) is 13.3. The molecule has 0 aliphatic heterocycles. The molecule has 29 heavy (non-hydrogen) atoms. The fourth-order valence-corrected chi connectivity index (χ4v) is 4.69. The Labute approximate surface area is 179 Å². The van der Waals surface area contributed by atoms with Crippen LogP contribution in [0.3, 0.4) is 0 Å². The molecule has 1 N–H and O–H groups in total. The van der Waals surface area contributed by atoms with Crippen LogP contribution in [0.5, 0.6) is 0 Å². The van der Waals surface area contributed by atoms with Gasteiger partial charge in [-0.3, -0.25) is 4.79 Å². The van der Waals surface area contributed by atoms with E-state index in [1.807, 2.05) is 0 Å². The summed E-state index contributed by atoms with van der Waals surface area (Å²) in [5.74, 6) is 1.69. The van der Waals surface area contributed by atoms with E-state index in [1.54, 1.807) is 0 Å². The summed E-state index contributed by atoms with van der Waals surface area (Å²) in [6.07, 6.45) is 25.7. The topological polar surface area (TPSA) is 46.5 Å². The van der Waals surface area contributed by atoms with Crippen molar-refractivity contribution < 1.29 is 14.6 Å². The van der Waals surface area contributed by atoms with Gasteiger partial charge in [-0.15, -0.1) is 0 Å². The molecule has 0 aromatic heterocycles. The third kappa shape index (κ3) is 9.51. The Bertz CT molecular complexity index is 520. The van der Waals surface area contributed by atoms with Crippen LogP contribution in [0.4, 0.5) is 0 Å². The van der Waals surface area contributed by atoms with E-state index in [4.69, 9.17) is 4.74 Å². The molecule has 3 heteroatoms. The highest BCUT2D eigenvalue weighted by atomic mass is 16.5. The van der Waals surface area contributed by atoms with E-state index in [9.17, 15) is 9.90 Å². The predicted octanol–water partition coefficient (Wildman–Crippen LogP) is 6.75. The van der Waals surface area contributed by atoms with Gasteiger partial charge in [-0.25, -0.2) is 0 Å². The molecule has 0 bridgehead atoms. The number of allylic oxidation sites excluding steroid dienone is 3. The maximum atomic E-state index is 11.0. The number of rotatable bonds is 16. The van der Waals surface area contributed by atoms with Crippen LogP contribution in [-0.2, 0) is 9.53 Å². The lowest BCUT2D eigenvalue weighted by Crippen LogP contribution is -2.30. The Kier molecular flexibility index (Phi) is 11.1. The first kappa shape index (κ1) is 24.2. The van der Waals surface area contributed by atoms with Crippen LogP contribution in [0, 0.1) is 17.8 Å². The van der Waals surface area contributed by atoms with Crippen molar-refractivity contribution in [1.82, 2.24) is 0 Å². The van der Waals surface area contributed by atoms with E-state index in [-0.39, 0.29) is 5.97 Å².